The third kappa shape index (κ3) is 3.25. The van der Waals surface area contributed by atoms with E-state index in [1.807, 2.05) is 48.5 Å². The van der Waals surface area contributed by atoms with Gasteiger partial charge in [0.25, 0.3) is 0 Å². The van der Waals surface area contributed by atoms with Crippen LogP contribution in [0.5, 0.6) is 5.75 Å². The quantitative estimate of drug-likeness (QED) is 0.903. The van der Waals surface area contributed by atoms with Crippen molar-refractivity contribution in [3.8, 4) is 5.75 Å². The molecule has 0 aliphatic rings. The number of halogens is 1. The second-order valence-corrected chi connectivity index (χ2v) is 4.53. The van der Waals surface area contributed by atoms with Crippen LogP contribution in [-0.2, 0) is 6.61 Å². The summed E-state index contributed by atoms with van der Waals surface area (Å²) in [5.74, 6) is 0.763. The number of hydrogen-bond donors (Lipinski definition) is 1. The Balaban J connectivity index is 2.00. The summed E-state index contributed by atoms with van der Waals surface area (Å²) in [4.78, 5) is 0. The molecule has 0 radical (unpaired) electrons. The topological polar surface area (TPSA) is 29.5 Å². The molecule has 18 heavy (non-hydrogen) atoms. The highest BCUT2D eigenvalue weighted by Gasteiger charge is 2.02. The summed E-state index contributed by atoms with van der Waals surface area (Å²) in [7, 11) is 0. The van der Waals surface area contributed by atoms with E-state index in [9.17, 15) is 5.11 Å². The lowest BCUT2D eigenvalue weighted by Crippen LogP contribution is -1.97. The molecule has 1 N–H and O–H groups in total. The Labute approximate surface area is 112 Å². The first kappa shape index (κ1) is 12.9. The molecule has 1 atom stereocenters. The van der Waals surface area contributed by atoms with E-state index in [1.54, 1.807) is 6.92 Å². The summed E-state index contributed by atoms with van der Waals surface area (Å²) >= 11 is 6.04. The van der Waals surface area contributed by atoms with Gasteiger partial charge in [0.05, 0.1) is 6.10 Å². The fourth-order valence-corrected chi connectivity index (χ4v) is 1.81. The average molecular weight is 263 g/mol. The Morgan fingerprint density at radius 3 is 2.39 bits per heavy atom. The van der Waals surface area contributed by atoms with Crippen molar-refractivity contribution in [2.45, 2.75) is 19.6 Å². The largest absolute Gasteiger partial charge is 0.489 e. The van der Waals surface area contributed by atoms with Gasteiger partial charge in [0.15, 0.2) is 0 Å². The zero-order valence-electron chi connectivity index (χ0n) is 10.1. The molecule has 0 aromatic heterocycles. The smallest absolute Gasteiger partial charge is 0.119 e. The predicted molar refractivity (Wildman–Crippen MR) is 72.9 cm³/mol. The Kier molecular flexibility index (Phi) is 4.24. The van der Waals surface area contributed by atoms with Crippen molar-refractivity contribution in [3.63, 3.8) is 0 Å². The maximum Gasteiger partial charge on any atom is 0.119 e. The normalized spacial score (nSPS) is 12.2. The molecule has 0 amide bonds. The van der Waals surface area contributed by atoms with Gasteiger partial charge in [0, 0.05) is 10.6 Å². The number of ether oxygens (including phenoxy) is 1. The van der Waals surface area contributed by atoms with E-state index in [0.29, 0.717) is 11.6 Å². The number of aliphatic hydroxyl groups is 1. The first-order chi connectivity index (χ1) is 8.66. The van der Waals surface area contributed by atoms with Gasteiger partial charge in [-0.05, 0) is 30.7 Å². The van der Waals surface area contributed by atoms with E-state index in [0.717, 1.165) is 16.9 Å². The van der Waals surface area contributed by atoms with E-state index in [-0.39, 0.29) is 0 Å². The Bertz CT molecular complexity index is 506. The first-order valence-electron chi connectivity index (χ1n) is 5.81. The van der Waals surface area contributed by atoms with Gasteiger partial charge >= 0.3 is 0 Å². The van der Waals surface area contributed by atoms with Crippen LogP contribution in [0.25, 0.3) is 0 Å². The van der Waals surface area contributed by atoms with Gasteiger partial charge in [0.1, 0.15) is 12.4 Å². The monoisotopic (exact) mass is 262 g/mol. The summed E-state index contributed by atoms with van der Waals surface area (Å²) in [5.41, 5.74) is 1.83. The minimum Gasteiger partial charge on any atom is -0.489 e. The molecule has 3 heteroatoms. The lowest BCUT2D eigenvalue weighted by molar-refractivity contribution is 0.199. The second kappa shape index (κ2) is 5.89. The van der Waals surface area contributed by atoms with Crippen LogP contribution < -0.4 is 4.74 Å². The Morgan fingerprint density at radius 1 is 1.11 bits per heavy atom. The zero-order chi connectivity index (χ0) is 13.0. The molecule has 0 aliphatic heterocycles. The van der Waals surface area contributed by atoms with E-state index in [1.165, 1.54) is 0 Å². The summed E-state index contributed by atoms with van der Waals surface area (Å²) < 4.78 is 5.64. The van der Waals surface area contributed by atoms with Crippen LogP contribution in [0.3, 0.4) is 0 Å². The first-order valence-corrected chi connectivity index (χ1v) is 6.19. The highest BCUT2D eigenvalue weighted by Crippen LogP contribution is 2.20. The molecule has 0 fully saturated rings. The van der Waals surface area contributed by atoms with Crippen molar-refractivity contribution in [1.29, 1.82) is 0 Å². The number of aliphatic hydroxyl groups excluding tert-OH is 1. The van der Waals surface area contributed by atoms with Crippen LogP contribution in [0, 0.1) is 0 Å². The number of hydrogen-bond acceptors (Lipinski definition) is 2. The Hall–Kier alpha value is -1.51. The van der Waals surface area contributed by atoms with Gasteiger partial charge in [-0.3, -0.25) is 0 Å². The molecule has 2 nitrogen and oxygen atoms in total. The van der Waals surface area contributed by atoms with Gasteiger partial charge in [-0.1, -0.05) is 41.9 Å². The fourth-order valence-electron chi connectivity index (χ4n) is 1.62. The highest BCUT2D eigenvalue weighted by atomic mass is 35.5. The molecule has 0 saturated carbocycles. The molecule has 0 bridgehead atoms. The maximum atomic E-state index is 9.40. The fraction of sp³-hybridized carbons (Fsp3) is 0.200. The van der Waals surface area contributed by atoms with E-state index < -0.39 is 6.10 Å². The van der Waals surface area contributed by atoms with Gasteiger partial charge in [-0.25, -0.2) is 0 Å². The molecule has 2 aromatic carbocycles. The van der Waals surface area contributed by atoms with Crippen molar-refractivity contribution in [3.05, 3.63) is 64.7 Å². The third-order valence-corrected chi connectivity index (χ3v) is 3.08. The molecule has 0 spiro atoms. The van der Waals surface area contributed by atoms with Crippen molar-refractivity contribution < 1.29 is 9.84 Å². The molecule has 0 heterocycles. The lowest BCUT2D eigenvalue weighted by atomic mass is 10.1. The molecule has 2 aromatic rings. The summed E-state index contributed by atoms with van der Waals surface area (Å²) in [6, 6.07) is 15.0. The summed E-state index contributed by atoms with van der Waals surface area (Å²) in [5, 5.41) is 10.1. The zero-order valence-corrected chi connectivity index (χ0v) is 10.9. The molecule has 2 rings (SSSR count). The third-order valence-electron chi connectivity index (χ3n) is 2.71. The number of rotatable bonds is 4. The average Bonchev–Trinajstić information content (AvgIpc) is 2.38. The lowest BCUT2D eigenvalue weighted by Gasteiger charge is -2.09. The second-order valence-electron chi connectivity index (χ2n) is 4.13. The minimum atomic E-state index is -0.456. The van der Waals surface area contributed by atoms with E-state index in [4.69, 9.17) is 16.3 Å². The van der Waals surface area contributed by atoms with Crippen molar-refractivity contribution in [1.82, 2.24) is 0 Å². The minimum absolute atomic E-state index is 0.438. The molecule has 94 valence electrons. The van der Waals surface area contributed by atoms with Gasteiger partial charge in [0.2, 0.25) is 0 Å². The SMILES string of the molecule is CC(O)c1ccc(OCc2ccccc2Cl)cc1. The standard InChI is InChI=1S/C15H15ClO2/c1-11(17)12-6-8-14(9-7-12)18-10-13-4-2-3-5-15(13)16/h2-9,11,17H,10H2,1H3. The van der Waals surface area contributed by atoms with Crippen molar-refractivity contribution in [2.24, 2.45) is 0 Å². The van der Waals surface area contributed by atoms with Crippen molar-refractivity contribution >= 4 is 11.6 Å². The maximum absolute atomic E-state index is 9.40. The van der Waals surface area contributed by atoms with E-state index >= 15 is 0 Å². The summed E-state index contributed by atoms with van der Waals surface area (Å²) in [6.07, 6.45) is -0.456. The van der Waals surface area contributed by atoms with E-state index in [2.05, 4.69) is 0 Å². The molecule has 0 aliphatic carbocycles. The number of benzene rings is 2. The van der Waals surface area contributed by atoms with Crippen LogP contribution in [0.15, 0.2) is 48.5 Å². The van der Waals surface area contributed by atoms with Crippen LogP contribution >= 0.6 is 11.6 Å². The van der Waals surface area contributed by atoms with Crippen LogP contribution in [-0.4, -0.2) is 5.11 Å². The molecule has 1 unspecified atom stereocenters. The Morgan fingerprint density at radius 2 is 1.78 bits per heavy atom. The predicted octanol–water partition coefficient (Wildman–Crippen LogP) is 3.97. The molecule has 0 saturated heterocycles. The van der Waals surface area contributed by atoms with Gasteiger partial charge in [-0.2, -0.15) is 0 Å². The van der Waals surface area contributed by atoms with Crippen LogP contribution in [0.2, 0.25) is 5.02 Å². The van der Waals surface area contributed by atoms with Crippen LogP contribution in [0.1, 0.15) is 24.2 Å². The van der Waals surface area contributed by atoms with Crippen LogP contribution in [0.4, 0.5) is 0 Å². The molecular weight excluding hydrogens is 248 g/mol. The van der Waals surface area contributed by atoms with Crippen molar-refractivity contribution in [2.75, 3.05) is 0 Å². The van der Waals surface area contributed by atoms with Gasteiger partial charge in [-0.15, -0.1) is 0 Å². The summed E-state index contributed by atoms with van der Waals surface area (Å²) in [6.45, 7) is 2.17. The highest BCUT2D eigenvalue weighted by molar-refractivity contribution is 6.31. The van der Waals surface area contributed by atoms with Gasteiger partial charge < -0.3 is 9.84 Å². The molecular formula is C15H15ClO2.